The number of benzene rings is 1. The maximum Gasteiger partial charge on any atom is 0.191 e. The molecule has 0 aliphatic rings. The Morgan fingerprint density at radius 3 is 2.41 bits per heavy atom. The van der Waals surface area contributed by atoms with Crippen LogP contribution in [0.25, 0.3) is 0 Å². The molecule has 0 aliphatic heterocycles. The molecule has 0 fully saturated rings. The van der Waals surface area contributed by atoms with Crippen molar-refractivity contribution < 1.29 is 0 Å². The van der Waals surface area contributed by atoms with Crippen LogP contribution >= 0.6 is 24.0 Å². The molecule has 0 aliphatic carbocycles. The van der Waals surface area contributed by atoms with Crippen molar-refractivity contribution in [1.82, 2.24) is 15.2 Å². The molecule has 2 rings (SSSR count). The first kappa shape index (κ1) is 18.5. The van der Waals surface area contributed by atoms with Crippen molar-refractivity contribution in [3.63, 3.8) is 0 Å². The van der Waals surface area contributed by atoms with Crippen LogP contribution in [-0.2, 0) is 6.54 Å². The molecule has 2 N–H and O–H groups in total. The van der Waals surface area contributed by atoms with E-state index < -0.39 is 0 Å². The van der Waals surface area contributed by atoms with Gasteiger partial charge in [-0.15, -0.1) is 24.0 Å². The molecule has 0 saturated heterocycles. The van der Waals surface area contributed by atoms with Crippen molar-refractivity contribution in [2.24, 2.45) is 4.99 Å². The molecule has 22 heavy (non-hydrogen) atoms. The summed E-state index contributed by atoms with van der Waals surface area (Å²) in [5.41, 5.74) is 1.34. The van der Waals surface area contributed by atoms with Crippen LogP contribution in [0.4, 0.5) is 0 Å². The zero-order chi connectivity index (χ0) is 14.9. The largest absolute Gasteiger partial charge is 0.356 e. The number of halogens is 1. The summed E-state index contributed by atoms with van der Waals surface area (Å²) in [5.74, 6) is 1.30. The van der Waals surface area contributed by atoms with Crippen LogP contribution in [0, 0.1) is 0 Å². The van der Waals surface area contributed by atoms with Gasteiger partial charge in [0, 0.05) is 39.1 Å². The molecule has 0 amide bonds. The summed E-state index contributed by atoms with van der Waals surface area (Å²) in [6.45, 7) is 4.87. The Labute approximate surface area is 150 Å². The smallest absolute Gasteiger partial charge is 0.191 e. The summed E-state index contributed by atoms with van der Waals surface area (Å²) in [6, 6.07) is 14.6. The molecule has 0 spiro atoms. The first-order valence-corrected chi connectivity index (χ1v) is 7.40. The first-order valence-electron chi connectivity index (χ1n) is 7.40. The Morgan fingerprint density at radius 2 is 1.77 bits per heavy atom. The van der Waals surface area contributed by atoms with E-state index in [2.05, 4.69) is 63.8 Å². The minimum atomic E-state index is 0. The first-order chi connectivity index (χ1) is 10.3. The van der Waals surface area contributed by atoms with Gasteiger partial charge in [0.15, 0.2) is 5.96 Å². The zero-order valence-corrected chi connectivity index (χ0v) is 15.5. The minimum Gasteiger partial charge on any atom is -0.356 e. The van der Waals surface area contributed by atoms with E-state index in [-0.39, 0.29) is 24.0 Å². The second kappa shape index (κ2) is 10.3. The monoisotopic (exact) mass is 412 g/mol. The average Bonchev–Trinajstić information content (AvgIpc) is 3.04. The average molecular weight is 412 g/mol. The fourth-order valence-corrected chi connectivity index (χ4v) is 2.19. The van der Waals surface area contributed by atoms with Crippen molar-refractivity contribution in [2.75, 3.05) is 20.1 Å². The summed E-state index contributed by atoms with van der Waals surface area (Å²) in [4.78, 5) is 4.26. The van der Waals surface area contributed by atoms with Gasteiger partial charge >= 0.3 is 0 Å². The summed E-state index contributed by atoms with van der Waals surface area (Å²) >= 11 is 0. The van der Waals surface area contributed by atoms with Gasteiger partial charge in [-0.2, -0.15) is 0 Å². The van der Waals surface area contributed by atoms with E-state index in [1.807, 2.05) is 18.2 Å². The highest BCUT2D eigenvalue weighted by Gasteiger charge is 2.05. The van der Waals surface area contributed by atoms with E-state index in [4.69, 9.17) is 0 Å². The number of aliphatic imine (C=N–C) groups is 1. The van der Waals surface area contributed by atoms with Gasteiger partial charge in [-0.1, -0.05) is 37.3 Å². The van der Waals surface area contributed by atoms with E-state index in [0.717, 1.165) is 25.6 Å². The lowest BCUT2D eigenvalue weighted by atomic mass is 10.0. The highest BCUT2D eigenvalue weighted by molar-refractivity contribution is 14.0. The fraction of sp³-hybridized carbons (Fsp3) is 0.353. The van der Waals surface area contributed by atoms with Crippen LogP contribution in [0.15, 0.2) is 59.9 Å². The van der Waals surface area contributed by atoms with Crippen LogP contribution in [0.5, 0.6) is 0 Å². The maximum absolute atomic E-state index is 4.26. The molecule has 5 heteroatoms. The van der Waals surface area contributed by atoms with Gasteiger partial charge in [0.1, 0.15) is 0 Å². The third-order valence-corrected chi connectivity index (χ3v) is 3.50. The molecule has 120 valence electrons. The van der Waals surface area contributed by atoms with Crippen molar-refractivity contribution >= 4 is 29.9 Å². The van der Waals surface area contributed by atoms with E-state index in [1.54, 1.807) is 7.05 Å². The Kier molecular flexibility index (Phi) is 8.65. The van der Waals surface area contributed by atoms with Crippen LogP contribution in [0.1, 0.15) is 18.4 Å². The van der Waals surface area contributed by atoms with Crippen molar-refractivity contribution in [3.05, 3.63) is 60.4 Å². The van der Waals surface area contributed by atoms with Gasteiger partial charge in [0.25, 0.3) is 0 Å². The van der Waals surface area contributed by atoms with Gasteiger partial charge in [-0.05, 0) is 23.6 Å². The highest BCUT2D eigenvalue weighted by Crippen LogP contribution is 2.12. The highest BCUT2D eigenvalue weighted by atomic mass is 127. The van der Waals surface area contributed by atoms with Crippen LogP contribution < -0.4 is 10.6 Å². The SMILES string of the molecule is CN=C(NCCn1cccc1)NCC(C)c1ccccc1.I. The molecule has 2 aromatic rings. The molecule has 4 nitrogen and oxygen atoms in total. The third kappa shape index (κ3) is 6.09. The van der Waals surface area contributed by atoms with Gasteiger partial charge < -0.3 is 15.2 Å². The lowest BCUT2D eigenvalue weighted by Crippen LogP contribution is -2.40. The van der Waals surface area contributed by atoms with Crippen LogP contribution in [-0.4, -0.2) is 30.7 Å². The minimum absolute atomic E-state index is 0. The molecule has 0 saturated carbocycles. The predicted octanol–water partition coefficient (Wildman–Crippen LogP) is 3.07. The van der Waals surface area contributed by atoms with Crippen molar-refractivity contribution in [2.45, 2.75) is 19.4 Å². The Morgan fingerprint density at radius 1 is 1.09 bits per heavy atom. The van der Waals surface area contributed by atoms with Gasteiger partial charge in [0.05, 0.1) is 0 Å². The lowest BCUT2D eigenvalue weighted by molar-refractivity contribution is 0.652. The standard InChI is InChI=1S/C17H24N4.HI/c1-15(16-8-4-3-5-9-16)14-20-17(18-2)19-10-13-21-11-6-7-12-21;/h3-9,11-12,15H,10,13-14H2,1-2H3,(H2,18,19,20);1H. The Balaban J connectivity index is 0.00000242. The molecule has 1 unspecified atom stereocenters. The Hall–Kier alpha value is -1.50. The fourth-order valence-electron chi connectivity index (χ4n) is 2.19. The van der Waals surface area contributed by atoms with Crippen LogP contribution in [0.2, 0.25) is 0 Å². The zero-order valence-electron chi connectivity index (χ0n) is 13.2. The van der Waals surface area contributed by atoms with E-state index in [9.17, 15) is 0 Å². The molecule has 1 aromatic heterocycles. The number of nitrogens with zero attached hydrogens (tertiary/aromatic N) is 2. The summed E-state index contributed by atoms with van der Waals surface area (Å²) in [6.07, 6.45) is 4.13. The number of nitrogens with one attached hydrogen (secondary N) is 2. The van der Waals surface area contributed by atoms with Crippen LogP contribution in [0.3, 0.4) is 0 Å². The van der Waals surface area contributed by atoms with Gasteiger partial charge in [-0.25, -0.2) is 0 Å². The Bertz CT molecular complexity index is 537. The molecule has 1 atom stereocenters. The second-order valence-electron chi connectivity index (χ2n) is 5.11. The van der Waals surface area contributed by atoms with E-state index in [0.29, 0.717) is 5.92 Å². The summed E-state index contributed by atoms with van der Waals surface area (Å²) < 4.78 is 2.15. The summed E-state index contributed by atoms with van der Waals surface area (Å²) in [5, 5.41) is 6.71. The number of aromatic nitrogens is 1. The lowest BCUT2D eigenvalue weighted by Gasteiger charge is -2.16. The van der Waals surface area contributed by atoms with E-state index >= 15 is 0 Å². The summed E-state index contributed by atoms with van der Waals surface area (Å²) in [7, 11) is 1.80. The molecular formula is C17H25IN4. The van der Waals surface area contributed by atoms with Gasteiger partial charge in [0.2, 0.25) is 0 Å². The number of rotatable bonds is 6. The molecule has 1 aromatic carbocycles. The van der Waals surface area contributed by atoms with Crippen molar-refractivity contribution in [3.8, 4) is 0 Å². The molecule has 1 heterocycles. The third-order valence-electron chi connectivity index (χ3n) is 3.50. The quantitative estimate of drug-likeness (QED) is 0.435. The normalized spacial score (nSPS) is 12.4. The molecule has 0 bridgehead atoms. The molecule has 0 radical (unpaired) electrons. The van der Waals surface area contributed by atoms with Gasteiger partial charge in [-0.3, -0.25) is 4.99 Å². The molecular weight excluding hydrogens is 387 g/mol. The van der Waals surface area contributed by atoms with Crippen molar-refractivity contribution in [1.29, 1.82) is 0 Å². The maximum atomic E-state index is 4.26. The number of guanidine groups is 1. The number of hydrogen-bond donors (Lipinski definition) is 2. The number of hydrogen-bond acceptors (Lipinski definition) is 1. The van der Waals surface area contributed by atoms with E-state index in [1.165, 1.54) is 5.56 Å². The predicted molar refractivity (Wildman–Crippen MR) is 104 cm³/mol. The topological polar surface area (TPSA) is 41.4 Å². The second-order valence-corrected chi connectivity index (χ2v) is 5.11.